The summed E-state index contributed by atoms with van der Waals surface area (Å²) in [7, 11) is 0. The molecule has 8 heteroatoms. The predicted molar refractivity (Wildman–Crippen MR) is 130 cm³/mol. The van der Waals surface area contributed by atoms with Gasteiger partial charge in [0, 0.05) is 12.6 Å². The number of hydrogen-bond donors (Lipinski definition) is 1. The van der Waals surface area contributed by atoms with Crippen LogP contribution in [0.15, 0.2) is 76.6 Å². The van der Waals surface area contributed by atoms with E-state index in [-0.39, 0.29) is 25.0 Å². The lowest BCUT2D eigenvalue weighted by atomic mass is 10.2. The molecule has 0 radical (unpaired) electrons. The number of carbonyl (C=O) groups is 1. The van der Waals surface area contributed by atoms with Gasteiger partial charge in [0.05, 0.1) is 12.9 Å². The minimum atomic E-state index is -0.534. The second kappa shape index (κ2) is 9.51. The normalized spacial score (nSPS) is 14.0. The summed E-state index contributed by atoms with van der Waals surface area (Å²) in [6, 6.07) is 19.3. The zero-order valence-electron chi connectivity index (χ0n) is 18.9. The van der Waals surface area contributed by atoms with Crippen molar-refractivity contribution in [1.29, 1.82) is 0 Å². The van der Waals surface area contributed by atoms with Gasteiger partial charge in [-0.1, -0.05) is 73.5 Å². The number of nitrogens with one attached hydrogen (secondary N) is 1. The fourth-order valence-corrected chi connectivity index (χ4v) is 4.71. The highest BCUT2D eigenvalue weighted by Gasteiger charge is 2.24. The summed E-state index contributed by atoms with van der Waals surface area (Å²) in [4.78, 5) is 44.2. The molecule has 0 atom stereocenters. The molecule has 174 valence electrons. The van der Waals surface area contributed by atoms with Crippen LogP contribution in [0.2, 0.25) is 0 Å². The summed E-state index contributed by atoms with van der Waals surface area (Å²) in [6.07, 6.45) is 5.82. The third-order valence-electron chi connectivity index (χ3n) is 6.48. The number of benzene rings is 2. The maximum Gasteiger partial charge on any atom is 0.333 e. The fourth-order valence-electron chi connectivity index (χ4n) is 4.71. The Bertz CT molecular complexity index is 1410. The Morgan fingerprint density at radius 2 is 1.56 bits per heavy atom. The summed E-state index contributed by atoms with van der Waals surface area (Å²) in [5.41, 5.74) is 1.61. The summed E-state index contributed by atoms with van der Waals surface area (Å²) in [6.45, 7) is 0.254. The van der Waals surface area contributed by atoms with Crippen LogP contribution in [0.5, 0.6) is 0 Å². The summed E-state index contributed by atoms with van der Waals surface area (Å²) in [5, 5.41) is 2.81. The maximum atomic E-state index is 13.5. The van der Waals surface area contributed by atoms with E-state index in [4.69, 9.17) is 0 Å². The second-order valence-corrected chi connectivity index (χ2v) is 8.77. The molecule has 2 aromatic heterocycles. The van der Waals surface area contributed by atoms with Crippen LogP contribution in [0, 0.1) is 0 Å². The first-order valence-electron chi connectivity index (χ1n) is 11.7. The molecular weight excluding hydrogens is 430 g/mol. The molecular formula is C26H27N5O3. The van der Waals surface area contributed by atoms with Gasteiger partial charge in [-0.25, -0.2) is 14.3 Å². The number of fused-ring (bicyclic) bond motifs is 1. The largest absolute Gasteiger partial charge is 0.350 e. The van der Waals surface area contributed by atoms with Crippen molar-refractivity contribution >= 4 is 17.1 Å². The number of carbonyl (C=O) groups excluding carboxylic acids is 1. The van der Waals surface area contributed by atoms with Gasteiger partial charge in [0.15, 0.2) is 11.2 Å². The second-order valence-electron chi connectivity index (χ2n) is 8.77. The lowest BCUT2D eigenvalue weighted by Crippen LogP contribution is -2.44. The molecule has 0 saturated heterocycles. The summed E-state index contributed by atoms with van der Waals surface area (Å²) < 4.78 is 4.45. The van der Waals surface area contributed by atoms with Crippen LogP contribution in [0.25, 0.3) is 11.2 Å². The SMILES string of the molecule is O=C(Cn1c(=O)c2c(ncn2C2CCCC2)n(Cc2ccccc2)c1=O)NCc1ccccc1. The predicted octanol–water partition coefficient (Wildman–Crippen LogP) is 2.84. The summed E-state index contributed by atoms with van der Waals surface area (Å²) in [5.74, 6) is -0.388. The highest BCUT2D eigenvalue weighted by molar-refractivity contribution is 5.76. The van der Waals surface area contributed by atoms with Crippen molar-refractivity contribution in [2.75, 3.05) is 0 Å². The van der Waals surface area contributed by atoms with Crippen LogP contribution in [0.3, 0.4) is 0 Å². The molecule has 0 aliphatic heterocycles. The third kappa shape index (κ3) is 4.31. The van der Waals surface area contributed by atoms with E-state index < -0.39 is 11.2 Å². The van der Waals surface area contributed by atoms with Crippen molar-refractivity contribution in [3.63, 3.8) is 0 Å². The van der Waals surface area contributed by atoms with Crippen molar-refractivity contribution in [3.05, 3.63) is 99.0 Å². The highest BCUT2D eigenvalue weighted by atomic mass is 16.2. The number of rotatable bonds is 7. The van der Waals surface area contributed by atoms with E-state index in [9.17, 15) is 14.4 Å². The number of aromatic nitrogens is 4. The number of nitrogens with zero attached hydrogens (tertiary/aromatic N) is 4. The van der Waals surface area contributed by atoms with Gasteiger partial charge in [0.25, 0.3) is 5.56 Å². The quantitative estimate of drug-likeness (QED) is 0.462. The van der Waals surface area contributed by atoms with Crippen molar-refractivity contribution in [2.45, 2.75) is 51.4 Å². The molecule has 1 aliphatic carbocycles. The smallest absolute Gasteiger partial charge is 0.333 e. The summed E-state index contributed by atoms with van der Waals surface area (Å²) >= 11 is 0. The van der Waals surface area contributed by atoms with Crippen LogP contribution < -0.4 is 16.6 Å². The van der Waals surface area contributed by atoms with E-state index in [1.165, 1.54) is 4.57 Å². The molecule has 1 fully saturated rings. The number of imidazole rings is 1. The molecule has 2 heterocycles. The van der Waals surface area contributed by atoms with Crippen LogP contribution in [-0.4, -0.2) is 24.6 Å². The first kappa shape index (κ1) is 21.9. The van der Waals surface area contributed by atoms with Crippen molar-refractivity contribution in [2.24, 2.45) is 0 Å². The molecule has 1 amide bonds. The minimum absolute atomic E-state index is 0.181. The molecule has 0 spiro atoms. The molecule has 34 heavy (non-hydrogen) atoms. The van der Waals surface area contributed by atoms with Crippen molar-refractivity contribution < 1.29 is 4.79 Å². The Morgan fingerprint density at radius 1 is 0.912 bits per heavy atom. The minimum Gasteiger partial charge on any atom is -0.350 e. The fraction of sp³-hybridized carbons (Fsp3) is 0.308. The van der Waals surface area contributed by atoms with Gasteiger partial charge in [-0.2, -0.15) is 0 Å². The van der Waals surface area contributed by atoms with Crippen LogP contribution >= 0.6 is 0 Å². The average Bonchev–Trinajstić information content (AvgIpc) is 3.55. The molecule has 0 bridgehead atoms. The van der Waals surface area contributed by atoms with Gasteiger partial charge in [0.1, 0.15) is 6.54 Å². The van der Waals surface area contributed by atoms with E-state index in [2.05, 4.69) is 10.3 Å². The van der Waals surface area contributed by atoms with Gasteiger partial charge in [0.2, 0.25) is 5.91 Å². The first-order valence-corrected chi connectivity index (χ1v) is 11.7. The third-order valence-corrected chi connectivity index (χ3v) is 6.48. The van der Waals surface area contributed by atoms with Crippen LogP contribution in [-0.2, 0) is 24.4 Å². The van der Waals surface area contributed by atoms with Gasteiger partial charge < -0.3 is 9.88 Å². The zero-order valence-corrected chi connectivity index (χ0v) is 18.9. The zero-order chi connectivity index (χ0) is 23.5. The molecule has 4 aromatic rings. The Balaban J connectivity index is 1.54. The average molecular weight is 458 g/mol. The maximum absolute atomic E-state index is 13.5. The van der Waals surface area contributed by atoms with Crippen molar-refractivity contribution in [3.8, 4) is 0 Å². The lowest BCUT2D eigenvalue weighted by molar-refractivity contribution is -0.121. The van der Waals surface area contributed by atoms with Gasteiger partial charge >= 0.3 is 5.69 Å². The van der Waals surface area contributed by atoms with Gasteiger partial charge in [-0.3, -0.25) is 14.2 Å². The van der Waals surface area contributed by atoms with E-state index in [0.717, 1.165) is 41.4 Å². The van der Waals surface area contributed by atoms with Gasteiger partial charge in [-0.15, -0.1) is 0 Å². The Hall–Kier alpha value is -3.94. The number of hydrogen-bond acceptors (Lipinski definition) is 4. The van der Waals surface area contributed by atoms with E-state index in [0.29, 0.717) is 17.7 Å². The molecule has 2 aromatic carbocycles. The first-order chi connectivity index (χ1) is 16.6. The molecule has 1 saturated carbocycles. The lowest BCUT2D eigenvalue weighted by Gasteiger charge is -2.15. The van der Waals surface area contributed by atoms with Crippen LogP contribution in [0.1, 0.15) is 42.9 Å². The molecule has 1 N–H and O–H groups in total. The topological polar surface area (TPSA) is 90.9 Å². The monoisotopic (exact) mass is 457 g/mol. The highest BCUT2D eigenvalue weighted by Crippen LogP contribution is 2.31. The van der Waals surface area contributed by atoms with E-state index in [1.807, 2.05) is 65.2 Å². The Labute approximate surface area is 196 Å². The number of amides is 1. The standard InChI is InChI=1S/C26H27N5O3/c32-22(27-15-19-9-3-1-4-10-19)17-30-25(33)23-24(28-18-31(23)21-13-7-8-14-21)29(26(30)34)16-20-11-5-2-6-12-20/h1-6,9-12,18,21H,7-8,13-17H2,(H,27,32). The molecule has 8 nitrogen and oxygen atoms in total. The molecule has 5 rings (SSSR count). The van der Waals surface area contributed by atoms with Crippen molar-refractivity contribution in [1.82, 2.24) is 24.0 Å². The van der Waals surface area contributed by atoms with Crippen LogP contribution in [0.4, 0.5) is 0 Å². The van der Waals surface area contributed by atoms with E-state index >= 15 is 0 Å². The Kier molecular flexibility index (Phi) is 6.12. The molecule has 1 aliphatic rings. The van der Waals surface area contributed by atoms with Gasteiger partial charge in [-0.05, 0) is 24.0 Å². The molecule has 0 unspecified atom stereocenters. The Morgan fingerprint density at radius 3 is 2.24 bits per heavy atom. The van der Waals surface area contributed by atoms with E-state index in [1.54, 1.807) is 6.33 Å².